The summed E-state index contributed by atoms with van der Waals surface area (Å²) in [6.45, 7) is 0. The summed E-state index contributed by atoms with van der Waals surface area (Å²) in [6, 6.07) is 12.0. The van der Waals surface area contributed by atoms with E-state index in [-0.39, 0.29) is 5.96 Å². The van der Waals surface area contributed by atoms with Gasteiger partial charge in [-0.1, -0.05) is 40.2 Å². The molecular formula is C16H13BrF3N5. The van der Waals surface area contributed by atoms with E-state index in [1.165, 1.54) is 18.3 Å². The molecule has 2 rings (SSSR count). The second-order valence-corrected chi connectivity index (χ2v) is 5.69. The molecule has 0 saturated heterocycles. The van der Waals surface area contributed by atoms with Crippen molar-refractivity contribution < 1.29 is 13.2 Å². The van der Waals surface area contributed by atoms with Gasteiger partial charge in [-0.25, -0.2) is 5.43 Å². The van der Waals surface area contributed by atoms with Gasteiger partial charge in [0.15, 0.2) is 0 Å². The van der Waals surface area contributed by atoms with Crippen LogP contribution >= 0.6 is 15.9 Å². The maximum absolute atomic E-state index is 12.4. The van der Waals surface area contributed by atoms with Crippen molar-refractivity contribution in [2.75, 3.05) is 0 Å². The zero-order valence-electron chi connectivity index (χ0n) is 12.7. The number of nitrogens with two attached hydrogens (primary N) is 1. The van der Waals surface area contributed by atoms with E-state index in [2.05, 4.69) is 36.7 Å². The van der Waals surface area contributed by atoms with Crippen LogP contribution < -0.4 is 11.2 Å². The molecule has 0 heterocycles. The van der Waals surface area contributed by atoms with E-state index < -0.39 is 11.7 Å². The number of benzene rings is 2. The highest BCUT2D eigenvalue weighted by atomic mass is 79.9. The van der Waals surface area contributed by atoms with Crippen LogP contribution in [0.3, 0.4) is 0 Å². The smallest absolute Gasteiger partial charge is 0.367 e. The monoisotopic (exact) mass is 411 g/mol. The van der Waals surface area contributed by atoms with E-state index >= 15 is 0 Å². The Kier molecular flexibility index (Phi) is 6.29. The van der Waals surface area contributed by atoms with Crippen LogP contribution in [0.5, 0.6) is 0 Å². The van der Waals surface area contributed by atoms with Crippen molar-refractivity contribution in [3.63, 3.8) is 0 Å². The Bertz CT molecular complexity index is 781. The molecule has 25 heavy (non-hydrogen) atoms. The van der Waals surface area contributed by atoms with Crippen LogP contribution in [0.25, 0.3) is 0 Å². The lowest BCUT2D eigenvalue weighted by Crippen LogP contribution is -2.26. The Hall–Kier alpha value is -2.68. The summed E-state index contributed by atoms with van der Waals surface area (Å²) in [4.78, 5) is 0. The van der Waals surface area contributed by atoms with E-state index in [1.807, 2.05) is 24.3 Å². The summed E-state index contributed by atoms with van der Waals surface area (Å²) in [5.41, 5.74) is 8.64. The molecule has 0 radical (unpaired) electrons. The number of nitrogens with one attached hydrogen (secondary N) is 1. The number of nitrogens with zero attached hydrogens (tertiary/aromatic N) is 3. The minimum atomic E-state index is -4.37. The zero-order chi connectivity index (χ0) is 18.3. The Morgan fingerprint density at radius 1 is 0.960 bits per heavy atom. The fourth-order valence-corrected chi connectivity index (χ4v) is 1.92. The average Bonchev–Trinajstić information content (AvgIpc) is 2.56. The molecule has 0 saturated carbocycles. The minimum absolute atomic E-state index is 0.0588. The molecule has 0 aliphatic heterocycles. The maximum Gasteiger partial charge on any atom is 0.416 e. The van der Waals surface area contributed by atoms with Gasteiger partial charge in [0, 0.05) is 4.47 Å². The molecule has 5 nitrogen and oxygen atoms in total. The van der Waals surface area contributed by atoms with Crippen molar-refractivity contribution >= 4 is 34.3 Å². The number of hydrazone groups is 1. The van der Waals surface area contributed by atoms with Gasteiger partial charge in [-0.3, -0.25) is 0 Å². The first-order valence-electron chi connectivity index (χ1n) is 6.93. The van der Waals surface area contributed by atoms with Crippen LogP contribution in [0.2, 0.25) is 0 Å². The molecule has 0 aromatic heterocycles. The molecule has 3 N–H and O–H groups in total. The fraction of sp³-hybridized carbons (Fsp3) is 0.0625. The van der Waals surface area contributed by atoms with Crippen molar-refractivity contribution in [2.24, 2.45) is 21.0 Å². The Morgan fingerprint density at radius 2 is 1.52 bits per heavy atom. The van der Waals surface area contributed by atoms with Gasteiger partial charge in [0.05, 0.1) is 18.0 Å². The summed E-state index contributed by atoms with van der Waals surface area (Å²) in [5.74, 6) is -0.0588. The van der Waals surface area contributed by atoms with Crippen LogP contribution in [0.15, 0.2) is 68.3 Å². The predicted octanol–water partition coefficient (Wildman–Crippen LogP) is 3.74. The quantitative estimate of drug-likeness (QED) is 0.456. The molecule has 130 valence electrons. The lowest BCUT2D eigenvalue weighted by atomic mass is 10.1. The van der Waals surface area contributed by atoms with Crippen molar-refractivity contribution in [3.8, 4) is 0 Å². The number of alkyl halides is 3. The normalized spacial score (nSPS) is 12.9. The third-order valence-corrected chi connectivity index (χ3v) is 3.40. The van der Waals surface area contributed by atoms with Gasteiger partial charge < -0.3 is 5.73 Å². The summed E-state index contributed by atoms with van der Waals surface area (Å²) in [5, 5.41) is 11.2. The molecule has 0 unspecified atom stereocenters. The summed E-state index contributed by atoms with van der Waals surface area (Å²) < 4.78 is 38.3. The topological polar surface area (TPSA) is 75.1 Å². The highest BCUT2D eigenvalue weighted by molar-refractivity contribution is 9.10. The lowest BCUT2D eigenvalue weighted by molar-refractivity contribution is -0.137. The second kappa shape index (κ2) is 8.43. The van der Waals surface area contributed by atoms with E-state index in [1.54, 1.807) is 6.21 Å². The number of guanidine groups is 1. The number of rotatable bonds is 4. The van der Waals surface area contributed by atoms with Crippen molar-refractivity contribution in [2.45, 2.75) is 6.18 Å². The maximum atomic E-state index is 12.4. The molecule has 0 aliphatic rings. The number of halogens is 4. The van der Waals surface area contributed by atoms with Crippen LogP contribution in [0.4, 0.5) is 13.2 Å². The summed E-state index contributed by atoms with van der Waals surface area (Å²) >= 11 is 3.33. The molecular weight excluding hydrogens is 399 g/mol. The van der Waals surface area contributed by atoms with Crippen LogP contribution in [0, 0.1) is 0 Å². The van der Waals surface area contributed by atoms with Gasteiger partial charge in [-0.2, -0.15) is 23.4 Å². The lowest BCUT2D eigenvalue weighted by Gasteiger charge is -2.05. The third-order valence-electron chi connectivity index (χ3n) is 2.87. The number of hydrogen-bond acceptors (Lipinski definition) is 3. The summed E-state index contributed by atoms with van der Waals surface area (Å²) in [7, 11) is 0. The molecule has 9 heteroatoms. The molecule has 0 atom stereocenters. The second-order valence-electron chi connectivity index (χ2n) is 4.77. The largest absolute Gasteiger partial charge is 0.416 e. The van der Waals surface area contributed by atoms with Gasteiger partial charge in [-0.05, 0) is 35.4 Å². The molecule has 0 spiro atoms. The number of hydrogen-bond donors (Lipinski definition) is 2. The molecule has 0 bridgehead atoms. The highest BCUT2D eigenvalue weighted by Crippen LogP contribution is 2.28. The highest BCUT2D eigenvalue weighted by Gasteiger charge is 2.29. The molecule has 2 aromatic rings. The predicted molar refractivity (Wildman–Crippen MR) is 95.5 cm³/mol. The van der Waals surface area contributed by atoms with E-state index in [9.17, 15) is 13.2 Å². The SMILES string of the molecule is NC(=NN=Cc1ccc(C(F)(F)F)cc1)NN=Cc1ccc(Br)cc1. The van der Waals surface area contributed by atoms with Crippen molar-refractivity contribution in [3.05, 3.63) is 69.7 Å². The van der Waals surface area contributed by atoms with Crippen molar-refractivity contribution in [1.29, 1.82) is 0 Å². The minimum Gasteiger partial charge on any atom is -0.367 e. The van der Waals surface area contributed by atoms with Crippen LogP contribution in [-0.2, 0) is 6.18 Å². The van der Waals surface area contributed by atoms with E-state index in [4.69, 9.17) is 5.73 Å². The molecule has 0 amide bonds. The zero-order valence-corrected chi connectivity index (χ0v) is 14.3. The standard InChI is InChI=1S/C16H13BrF3N5/c17-14-7-3-12(4-8-14)10-23-25-15(21)24-22-9-11-1-5-13(6-2-11)16(18,19)20/h1-10H,(H3,21,24,25). The van der Waals surface area contributed by atoms with Gasteiger partial charge >= 0.3 is 6.18 Å². The molecule has 0 aliphatic carbocycles. The van der Waals surface area contributed by atoms with E-state index in [0.29, 0.717) is 5.56 Å². The molecule has 2 aromatic carbocycles. The Balaban J connectivity index is 1.89. The van der Waals surface area contributed by atoms with Gasteiger partial charge in [-0.15, -0.1) is 5.10 Å². The van der Waals surface area contributed by atoms with Crippen molar-refractivity contribution in [1.82, 2.24) is 5.43 Å². The van der Waals surface area contributed by atoms with Crippen LogP contribution in [0.1, 0.15) is 16.7 Å². The average molecular weight is 412 g/mol. The Morgan fingerprint density at radius 3 is 2.12 bits per heavy atom. The Labute approximate surface area is 150 Å². The fourth-order valence-electron chi connectivity index (χ4n) is 1.66. The van der Waals surface area contributed by atoms with Gasteiger partial charge in [0.1, 0.15) is 0 Å². The summed E-state index contributed by atoms with van der Waals surface area (Å²) in [6.07, 6.45) is -1.53. The first kappa shape index (κ1) is 18.7. The van der Waals surface area contributed by atoms with E-state index in [0.717, 1.165) is 22.2 Å². The first-order valence-corrected chi connectivity index (χ1v) is 7.72. The third kappa shape index (κ3) is 6.38. The molecule has 0 fully saturated rings. The van der Waals surface area contributed by atoms with Gasteiger partial charge in [0.2, 0.25) is 5.96 Å². The van der Waals surface area contributed by atoms with Crippen LogP contribution in [-0.4, -0.2) is 18.4 Å². The van der Waals surface area contributed by atoms with Gasteiger partial charge in [0.25, 0.3) is 0 Å². The first-order chi connectivity index (χ1) is 11.8.